The zero-order valence-corrected chi connectivity index (χ0v) is 11.3. The lowest BCUT2D eigenvalue weighted by Crippen LogP contribution is -2.39. The maximum Gasteiger partial charge on any atom is 0.220 e. The Bertz CT molecular complexity index is 262. The third-order valence-corrected chi connectivity index (χ3v) is 2.57. The lowest BCUT2D eigenvalue weighted by Gasteiger charge is -2.24. The molecule has 0 heterocycles. The van der Waals surface area contributed by atoms with Gasteiger partial charge in [0.25, 0.3) is 0 Å². The van der Waals surface area contributed by atoms with Gasteiger partial charge in [0.15, 0.2) is 0 Å². The highest BCUT2D eigenvalue weighted by molar-refractivity contribution is 5.76. The van der Waals surface area contributed by atoms with Crippen LogP contribution in [0.15, 0.2) is 0 Å². The predicted molar refractivity (Wildman–Crippen MR) is 68.4 cm³/mol. The van der Waals surface area contributed by atoms with Gasteiger partial charge in [0, 0.05) is 31.5 Å². The lowest BCUT2D eigenvalue weighted by atomic mass is 9.91. The van der Waals surface area contributed by atoms with Crippen molar-refractivity contribution in [3.63, 3.8) is 0 Å². The van der Waals surface area contributed by atoms with E-state index in [1.165, 1.54) is 0 Å². The summed E-state index contributed by atoms with van der Waals surface area (Å²) >= 11 is 0. The molecule has 5 heteroatoms. The molecule has 0 radical (unpaired) electrons. The Morgan fingerprint density at radius 2 is 1.65 bits per heavy atom. The van der Waals surface area contributed by atoms with E-state index < -0.39 is 5.54 Å². The molecule has 0 saturated carbocycles. The number of carbonyl (C=O) groups excluding carboxylic acids is 2. The Morgan fingerprint density at radius 3 is 2.06 bits per heavy atom. The van der Waals surface area contributed by atoms with E-state index in [1.54, 1.807) is 7.05 Å². The van der Waals surface area contributed by atoms with Crippen LogP contribution in [-0.4, -0.2) is 30.4 Å². The summed E-state index contributed by atoms with van der Waals surface area (Å²) in [6.45, 7) is 5.72. The highest BCUT2D eigenvalue weighted by Crippen LogP contribution is 2.15. The standard InChI is InChI=1S/C12H25N3O2/c1-9(2)15-11(17)6-8-12(3,13)7-5-10(16)14-4/h9H,5-8,13H2,1-4H3,(H,14,16)(H,15,17). The first-order chi connectivity index (χ1) is 7.76. The molecular formula is C12H25N3O2. The normalized spacial score (nSPS) is 14.2. The topological polar surface area (TPSA) is 84.2 Å². The maximum absolute atomic E-state index is 11.4. The van der Waals surface area contributed by atoms with E-state index in [1.807, 2.05) is 20.8 Å². The van der Waals surface area contributed by atoms with E-state index in [0.29, 0.717) is 25.7 Å². The molecule has 0 rings (SSSR count). The molecule has 0 saturated heterocycles. The van der Waals surface area contributed by atoms with Gasteiger partial charge in [-0.1, -0.05) is 0 Å². The molecule has 5 nitrogen and oxygen atoms in total. The van der Waals surface area contributed by atoms with E-state index in [9.17, 15) is 9.59 Å². The van der Waals surface area contributed by atoms with Gasteiger partial charge in [-0.2, -0.15) is 0 Å². The SMILES string of the molecule is CNC(=O)CCC(C)(N)CCC(=O)NC(C)C. The number of carbonyl (C=O) groups is 2. The molecule has 100 valence electrons. The van der Waals surface area contributed by atoms with Crippen LogP contribution in [0, 0.1) is 0 Å². The molecule has 1 unspecified atom stereocenters. The fourth-order valence-electron chi connectivity index (χ4n) is 1.44. The average molecular weight is 243 g/mol. The first kappa shape index (κ1) is 15.9. The molecular weight excluding hydrogens is 218 g/mol. The van der Waals surface area contributed by atoms with Crippen molar-refractivity contribution >= 4 is 11.8 Å². The van der Waals surface area contributed by atoms with Gasteiger partial charge >= 0.3 is 0 Å². The van der Waals surface area contributed by atoms with Crippen molar-refractivity contribution in [2.45, 2.75) is 58.0 Å². The van der Waals surface area contributed by atoms with Crippen LogP contribution in [0.25, 0.3) is 0 Å². The summed E-state index contributed by atoms with van der Waals surface area (Å²) in [5, 5.41) is 5.37. The minimum atomic E-state index is -0.471. The second-order valence-electron chi connectivity index (χ2n) is 5.05. The Balaban J connectivity index is 3.92. The Hall–Kier alpha value is -1.10. The summed E-state index contributed by atoms with van der Waals surface area (Å²) < 4.78 is 0. The number of nitrogens with one attached hydrogen (secondary N) is 2. The smallest absolute Gasteiger partial charge is 0.220 e. The fourth-order valence-corrected chi connectivity index (χ4v) is 1.44. The largest absolute Gasteiger partial charge is 0.359 e. The van der Waals surface area contributed by atoms with Crippen LogP contribution in [0.3, 0.4) is 0 Å². The quantitative estimate of drug-likeness (QED) is 0.610. The van der Waals surface area contributed by atoms with Crippen LogP contribution in [-0.2, 0) is 9.59 Å². The van der Waals surface area contributed by atoms with Gasteiger partial charge in [0.05, 0.1) is 0 Å². The van der Waals surface area contributed by atoms with Gasteiger partial charge in [-0.05, 0) is 33.6 Å². The van der Waals surface area contributed by atoms with Gasteiger partial charge in [0.2, 0.25) is 11.8 Å². The lowest BCUT2D eigenvalue weighted by molar-refractivity contribution is -0.121. The van der Waals surface area contributed by atoms with Gasteiger partial charge in [-0.3, -0.25) is 9.59 Å². The number of nitrogens with two attached hydrogens (primary N) is 1. The summed E-state index contributed by atoms with van der Waals surface area (Å²) in [5.74, 6) is -0.00933. The Morgan fingerprint density at radius 1 is 1.18 bits per heavy atom. The van der Waals surface area contributed by atoms with Crippen LogP contribution in [0.5, 0.6) is 0 Å². The molecule has 0 spiro atoms. The molecule has 0 fully saturated rings. The fraction of sp³-hybridized carbons (Fsp3) is 0.833. The van der Waals surface area contributed by atoms with Crippen molar-refractivity contribution in [2.24, 2.45) is 5.73 Å². The van der Waals surface area contributed by atoms with Gasteiger partial charge in [-0.25, -0.2) is 0 Å². The molecule has 1 atom stereocenters. The molecule has 2 amide bonds. The van der Waals surface area contributed by atoms with Crippen molar-refractivity contribution in [2.75, 3.05) is 7.05 Å². The summed E-state index contributed by atoms with van der Waals surface area (Å²) in [4.78, 5) is 22.5. The van der Waals surface area contributed by atoms with Crippen molar-refractivity contribution in [3.8, 4) is 0 Å². The second-order valence-corrected chi connectivity index (χ2v) is 5.05. The van der Waals surface area contributed by atoms with E-state index in [4.69, 9.17) is 5.73 Å². The van der Waals surface area contributed by atoms with E-state index in [-0.39, 0.29) is 17.9 Å². The molecule has 4 N–H and O–H groups in total. The molecule has 0 aliphatic carbocycles. The van der Waals surface area contributed by atoms with Crippen LogP contribution < -0.4 is 16.4 Å². The summed E-state index contributed by atoms with van der Waals surface area (Å²) in [6.07, 6.45) is 1.97. The summed E-state index contributed by atoms with van der Waals surface area (Å²) in [6, 6.07) is 0.150. The monoisotopic (exact) mass is 243 g/mol. The number of rotatable bonds is 7. The molecule has 0 aliphatic heterocycles. The summed E-state index contributed by atoms with van der Waals surface area (Å²) in [7, 11) is 1.60. The molecule has 17 heavy (non-hydrogen) atoms. The minimum Gasteiger partial charge on any atom is -0.359 e. The molecule has 0 bridgehead atoms. The molecule has 0 aliphatic rings. The average Bonchev–Trinajstić information content (AvgIpc) is 2.22. The molecule has 0 aromatic rings. The number of hydrogen-bond donors (Lipinski definition) is 3. The van der Waals surface area contributed by atoms with Crippen LogP contribution in [0.2, 0.25) is 0 Å². The van der Waals surface area contributed by atoms with Crippen LogP contribution >= 0.6 is 0 Å². The van der Waals surface area contributed by atoms with Crippen molar-refractivity contribution in [3.05, 3.63) is 0 Å². The zero-order chi connectivity index (χ0) is 13.5. The van der Waals surface area contributed by atoms with Crippen molar-refractivity contribution in [1.29, 1.82) is 0 Å². The van der Waals surface area contributed by atoms with Gasteiger partial charge in [-0.15, -0.1) is 0 Å². The Kier molecular flexibility index (Phi) is 6.80. The Labute approximate surface area is 104 Å². The number of hydrogen-bond acceptors (Lipinski definition) is 3. The maximum atomic E-state index is 11.4. The minimum absolute atomic E-state index is 0.0108. The predicted octanol–water partition coefficient (Wildman–Crippen LogP) is 0.535. The third-order valence-electron chi connectivity index (χ3n) is 2.57. The zero-order valence-electron chi connectivity index (χ0n) is 11.3. The molecule has 0 aromatic carbocycles. The van der Waals surface area contributed by atoms with Crippen LogP contribution in [0.4, 0.5) is 0 Å². The highest BCUT2D eigenvalue weighted by Gasteiger charge is 2.20. The first-order valence-corrected chi connectivity index (χ1v) is 6.05. The third kappa shape index (κ3) is 8.68. The van der Waals surface area contributed by atoms with Crippen molar-refractivity contribution in [1.82, 2.24) is 10.6 Å². The van der Waals surface area contributed by atoms with Gasteiger partial charge < -0.3 is 16.4 Å². The van der Waals surface area contributed by atoms with Crippen LogP contribution in [0.1, 0.15) is 46.5 Å². The molecule has 0 aromatic heterocycles. The van der Waals surface area contributed by atoms with E-state index in [0.717, 1.165) is 0 Å². The van der Waals surface area contributed by atoms with Crippen molar-refractivity contribution < 1.29 is 9.59 Å². The first-order valence-electron chi connectivity index (χ1n) is 6.05. The number of amides is 2. The second kappa shape index (κ2) is 7.27. The highest BCUT2D eigenvalue weighted by atomic mass is 16.2. The van der Waals surface area contributed by atoms with E-state index in [2.05, 4.69) is 10.6 Å². The van der Waals surface area contributed by atoms with Gasteiger partial charge in [0.1, 0.15) is 0 Å². The summed E-state index contributed by atoms with van der Waals surface area (Å²) in [5.41, 5.74) is 5.57. The van der Waals surface area contributed by atoms with E-state index >= 15 is 0 Å².